The number of hydrogen-bond donors (Lipinski definition) is 2. The summed E-state index contributed by atoms with van der Waals surface area (Å²) in [6.07, 6.45) is 1.43. The van der Waals surface area contributed by atoms with E-state index < -0.39 is 11.8 Å². The number of ether oxygens (including phenoxy) is 2. The van der Waals surface area contributed by atoms with E-state index in [2.05, 4.69) is 10.5 Å². The van der Waals surface area contributed by atoms with Gasteiger partial charge in [-0.25, -0.2) is 0 Å². The quantitative estimate of drug-likeness (QED) is 0.552. The van der Waals surface area contributed by atoms with Gasteiger partial charge < -0.3 is 25.4 Å². The van der Waals surface area contributed by atoms with E-state index >= 15 is 0 Å². The first-order valence-electron chi connectivity index (χ1n) is 7.61. The van der Waals surface area contributed by atoms with Gasteiger partial charge >= 0.3 is 0 Å². The van der Waals surface area contributed by atoms with E-state index in [-0.39, 0.29) is 6.61 Å². The zero-order chi connectivity index (χ0) is 18.9. The number of carbonyl (C=O) groups is 2. The molecule has 0 aliphatic heterocycles. The van der Waals surface area contributed by atoms with E-state index in [0.29, 0.717) is 28.3 Å². The van der Waals surface area contributed by atoms with Crippen LogP contribution in [0.15, 0.2) is 47.6 Å². The number of rotatable bonds is 8. The smallest absolute Gasteiger partial charge is 0.265 e. The molecule has 0 bridgehead atoms. The average molecular weight is 357 g/mol. The summed E-state index contributed by atoms with van der Waals surface area (Å²) in [6, 6.07) is 11.5. The Bertz CT molecular complexity index is 803. The molecule has 8 heteroatoms. The Morgan fingerprint density at radius 2 is 1.85 bits per heavy atom. The Kier molecular flexibility index (Phi) is 6.55. The molecule has 0 atom stereocenters. The molecule has 0 fully saturated rings. The molecule has 8 nitrogen and oxygen atoms in total. The van der Waals surface area contributed by atoms with Crippen molar-refractivity contribution in [3.8, 4) is 11.5 Å². The zero-order valence-electron chi connectivity index (χ0n) is 14.4. The van der Waals surface area contributed by atoms with Crippen LogP contribution in [-0.2, 0) is 9.63 Å². The second-order valence-electron chi connectivity index (χ2n) is 5.08. The van der Waals surface area contributed by atoms with Crippen LogP contribution in [0, 0.1) is 0 Å². The molecule has 136 valence electrons. The Morgan fingerprint density at radius 1 is 1.12 bits per heavy atom. The van der Waals surface area contributed by atoms with Crippen LogP contribution < -0.4 is 20.5 Å². The average Bonchev–Trinajstić information content (AvgIpc) is 2.65. The number of oxime groups is 1. The second-order valence-corrected chi connectivity index (χ2v) is 5.08. The topological polar surface area (TPSA) is 112 Å². The van der Waals surface area contributed by atoms with Gasteiger partial charge in [-0.1, -0.05) is 11.2 Å². The minimum atomic E-state index is -0.534. The highest BCUT2D eigenvalue weighted by molar-refractivity contribution is 5.95. The van der Waals surface area contributed by atoms with Gasteiger partial charge in [-0.3, -0.25) is 9.59 Å². The lowest BCUT2D eigenvalue weighted by atomic mass is 10.2. The molecule has 3 N–H and O–H groups in total. The molecule has 0 aliphatic rings. The maximum absolute atomic E-state index is 11.8. The summed E-state index contributed by atoms with van der Waals surface area (Å²) in [5.74, 6) is 0.148. The summed E-state index contributed by atoms with van der Waals surface area (Å²) < 4.78 is 10.5. The number of nitrogens with zero attached hydrogens (tertiary/aromatic N) is 1. The van der Waals surface area contributed by atoms with Gasteiger partial charge in [0.15, 0.2) is 18.1 Å². The predicted octanol–water partition coefficient (Wildman–Crippen LogP) is 1.79. The summed E-state index contributed by atoms with van der Waals surface area (Å²) in [6.45, 7) is -0.277. The van der Waals surface area contributed by atoms with Gasteiger partial charge in [0.2, 0.25) is 5.91 Å². The number of para-hydroxylation sites is 1. The highest BCUT2D eigenvalue weighted by Crippen LogP contribution is 2.29. The van der Waals surface area contributed by atoms with Crippen molar-refractivity contribution in [1.82, 2.24) is 0 Å². The molecule has 2 amide bonds. The van der Waals surface area contributed by atoms with Gasteiger partial charge in [-0.2, -0.15) is 0 Å². The monoisotopic (exact) mass is 357 g/mol. The van der Waals surface area contributed by atoms with Crippen LogP contribution in [0.3, 0.4) is 0 Å². The lowest BCUT2D eigenvalue weighted by Gasteiger charge is -2.09. The van der Waals surface area contributed by atoms with Crippen LogP contribution in [0.2, 0.25) is 0 Å². The molecular weight excluding hydrogens is 338 g/mol. The van der Waals surface area contributed by atoms with Crippen molar-refractivity contribution in [3.63, 3.8) is 0 Å². The summed E-state index contributed by atoms with van der Waals surface area (Å²) >= 11 is 0. The van der Waals surface area contributed by atoms with Crippen molar-refractivity contribution in [2.45, 2.75) is 0 Å². The largest absolute Gasteiger partial charge is 0.493 e. The fraction of sp³-hybridized carbons (Fsp3) is 0.167. The Morgan fingerprint density at radius 3 is 2.46 bits per heavy atom. The molecule has 2 aromatic rings. The van der Waals surface area contributed by atoms with E-state index in [0.717, 1.165) is 0 Å². The summed E-state index contributed by atoms with van der Waals surface area (Å²) in [5, 5.41) is 6.37. The summed E-state index contributed by atoms with van der Waals surface area (Å²) in [7, 11) is 3.06. The van der Waals surface area contributed by atoms with Crippen molar-refractivity contribution in [1.29, 1.82) is 0 Å². The Labute approximate surface area is 150 Å². The molecule has 0 saturated heterocycles. The molecule has 2 rings (SSSR count). The normalized spacial score (nSPS) is 10.4. The van der Waals surface area contributed by atoms with E-state index in [1.165, 1.54) is 32.6 Å². The third kappa shape index (κ3) is 4.97. The van der Waals surface area contributed by atoms with Crippen LogP contribution in [0.5, 0.6) is 11.5 Å². The van der Waals surface area contributed by atoms with E-state index in [1.54, 1.807) is 30.3 Å². The van der Waals surface area contributed by atoms with Crippen LogP contribution in [0.4, 0.5) is 5.69 Å². The molecule has 0 aromatic heterocycles. The van der Waals surface area contributed by atoms with Crippen LogP contribution in [0.25, 0.3) is 0 Å². The number of methoxy groups -OCH3 is 2. The molecule has 0 spiro atoms. The molecule has 2 aromatic carbocycles. The maximum atomic E-state index is 11.8. The first kappa shape index (κ1) is 18.8. The van der Waals surface area contributed by atoms with E-state index in [4.69, 9.17) is 20.0 Å². The lowest BCUT2D eigenvalue weighted by molar-refractivity contribution is -0.120. The minimum Gasteiger partial charge on any atom is -0.493 e. The van der Waals surface area contributed by atoms with Crippen LogP contribution >= 0.6 is 0 Å². The van der Waals surface area contributed by atoms with Crippen molar-refractivity contribution in [2.75, 3.05) is 26.1 Å². The van der Waals surface area contributed by atoms with E-state index in [9.17, 15) is 9.59 Å². The predicted molar refractivity (Wildman–Crippen MR) is 96.7 cm³/mol. The maximum Gasteiger partial charge on any atom is 0.265 e. The lowest BCUT2D eigenvalue weighted by Crippen LogP contribution is -2.17. The molecule has 26 heavy (non-hydrogen) atoms. The number of carbonyl (C=O) groups excluding carboxylic acids is 2. The molecule has 0 saturated carbocycles. The first-order valence-corrected chi connectivity index (χ1v) is 7.61. The first-order chi connectivity index (χ1) is 12.5. The number of amides is 2. The molecular formula is C18H19N3O5. The highest BCUT2D eigenvalue weighted by atomic mass is 16.6. The third-order valence-electron chi connectivity index (χ3n) is 3.35. The third-order valence-corrected chi connectivity index (χ3v) is 3.35. The van der Waals surface area contributed by atoms with Crippen LogP contribution in [-0.4, -0.2) is 38.9 Å². The van der Waals surface area contributed by atoms with Crippen molar-refractivity contribution in [2.24, 2.45) is 10.9 Å². The number of benzene rings is 2. The zero-order valence-corrected chi connectivity index (χ0v) is 14.4. The molecule has 0 aliphatic carbocycles. The summed E-state index contributed by atoms with van der Waals surface area (Å²) in [4.78, 5) is 27.8. The fourth-order valence-electron chi connectivity index (χ4n) is 2.12. The number of hydrogen-bond acceptors (Lipinski definition) is 6. The van der Waals surface area contributed by atoms with Gasteiger partial charge in [0.05, 0.1) is 20.4 Å². The SMILES string of the molecule is COc1cccc(/C=N\OCC(=O)Nc2ccc(C(N)=O)cc2)c1OC. The van der Waals surface area contributed by atoms with Gasteiger partial charge in [0.25, 0.3) is 5.91 Å². The van der Waals surface area contributed by atoms with Gasteiger partial charge in [-0.05, 0) is 36.4 Å². The second kappa shape index (κ2) is 9.07. The minimum absolute atomic E-state index is 0.277. The van der Waals surface area contributed by atoms with Gasteiger partial charge in [0, 0.05) is 16.8 Å². The Balaban J connectivity index is 1.88. The van der Waals surface area contributed by atoms with E-state index in [1.807, 2.05) is 0 Å². The van der Waals surface area contributed by atoms with Gasteiger partial charge in [0.1, 0.15) is 0 Å². The highest BCUT2D eigenvalue weighted by Gasteiger charge is 2.08. The fourth-order valence-corrected chi connectivity index (χ4v) is 2.12. The molecule has 0 radical (unpaired) electrons. The Hall–Kier alpha value is -3.55. The summed E-state index contributed by atoms with van der Waals surface area (Å²) in [5.41, 5.74) is 6.67. The number of nitrogens with two attached hydrogens (primary N) is 1. The number of nitrogens with one attached hydrogen (secondary N) is 1. The molecule has 0 heterocycles. The molecule has 0 unspecified atom stereocenters. The van der Waals surface area contributed by atoms with Gasteiger partial charge in [-0.15, -0.1) is 0 Å². The van der Waals surface area contributed by atoms with Crippen molar-refractivity contribution in [3.05, 3.63) is 53.6 Å². The number of anilines is 1. The number of primary amides is 1. The van der Waals surface area contributed by atoms with Crippen molar-refractivity contribution >= 4 is 23.7 Å². The van der Waals surface area contributed by atoms with Crippen molar-refractivity contribution < 1.29 is 23.9 Å². The standard InChI is InChI=1S/C18H19N3O5/c1-24-15-5-3-4-13(17(15)25-2)10-20-26-11-16(22)21-14-8-6-12(7-9-14)18(19)23/h3-10H,11H2,1-2H3,(H2,19,23)(H,21,22)/b20-10-. The van der Waals surface area contributed by atoms with Crippen LogP contribution in [0.1, 0.15) is 15.9 Å².